The summed E-state index contributed by atoms with van der Waals surface area (Å²) in [5.74, 6) is 0.834. The third-order valence-corrected chi connectivity index (χ3v) is 3.91. The van der Waals surface area contributed by atoms with Gasteiger partial charge in [-0.1, -0.05) is 43.5 Å². The summed E-state index contributed by atoms with van der Waals surface area (Å²) < 4.78 is 7.71. The summed E-state index contributed by atoms with van der Waals surface area (Å²) in [5.41, 5.74) is 3.33. The van der Waals surface area contributed by atoms with Gasteiger partial charge in [0, 0.05) is 6.54 Å². The molecule has 0 radical (unpaired) electrons. The first-order valence-electron chi connectivity index (χ1n) is 8.23. The first kappa shape index (κ1) is 17.2. The number of nitrogens with zero attached hydrogens (tertiary/aromatic N) is 3. The largest absolute Gasteiger partial charge is 0.487 e. The van der Waals surface area contributed by atoms with Crippen LogP contribution in [0.15, 0.2) is 18.2 Å². The SMILES string of the molecule is CCCCCCn1nnc(C=O)c1COc1cc(C)ccc1C. The maximum absolute atomic E-state index is 11.2. The van der Waals surface area contributed by atoms with E-state index in [-0.39, 0.29) is 0 Å². The van der Waals surface area contributed by atoms with Gasteiger partial charge in [-0.2, -0.15) is 0 Å². The molecule has 1 aromatic heterocycles. The molecule has 0 amide bonds. The van der Waals surface area contributed by atoms with E-state index in [0.29, 0.717) is 12.3 Å². The lowest BCUT2D eigenvalue weighted by Crippen LogP contribution is -2.10. The average Bonchev–Trinajstić information content (AvgIpc) is 2.94. The molecule has 0 spiro atoms. The van der Waals surface area contributed by atoms with Crippen molar-refractivity contribution in [2.45, 2.75) is 59.6 Å². The Labute approximate surface area is 137 Å². The van der Waals surface area contributed by atoms with E-state index in [2.05, 4.69) is 23.3 Å². The Hall–Kier alpha value is -2.17. The molecule has 23 heavy (non-hydrogen) atoms. The van der Waals surface area contributed by atoms with E-state index in [0.717, 1.165) is 48.2 Å². The summed E-state index contributed by atoms with van der Waals surface area (Å²) in [4.78, 5) is 11.2. The Morgan fingerprint density at radius 2 is 2.04 bits per heavy atom. The number of ether oxygens (including phenoxy) is 1. The third kappa shape index (κ3) is 4.65. The number of aldehydes is 1. The fraction of sp³-hybridized carbons (Fsp3) is 0.500. The molecule has 124 valence electrons. The Morgan fingerprint density at radius 3 is 2.78 bits per heavy atom. The molecule has 0 atom stereocenters. The first-order valence-corrected chi connectivity index (χ1v) is 8.23. The van der Waals surface area contributed by atoms with Crippen LogP contribution in [0.5, 0.6) is 5.75 Å². The summed E-state index contributed by atoms with van der Waals surface area (Å²) >= 11 is 0. The van der Waals surface area contributed by atoms with Crippen molar-refractivity contribution in [3.63, 3.8) is 0 Å². The van der Waals surface area contributed by atoms with Gasteiger partial charge in [0.2, 0.25) is 0 Å². The van der Waals surface area contributed by atoms with Crippen molar-refractivity contribution < 1.29 is 9.53 Å². The number of carbonyl (C=O) groups is 1. The van der Waals surface area contributed by atoms with Crippen LogP contribution in [0, 0.1) is 13.8 Å². The highest BCUT2D eigenvalue weighted by atomic mass is 16.5. The number of benzene rings is 1. The highest BCUT2D eigenvalue weighted by Crippen LogP contribution is 2.21. The number of aromatic nitrogens is 3. The first-order chi connectivity index (χ1) is 11.2. The summed E-state index contributed by atoms with van der Waals surface area (Å²) in [6.07, 6.45) is 5.34. The molecule has 0 N–H and O–H groups in total. The molecule has 0 aliphatic heterocycles. The molecule has 5 heteroatoms. The standard InChI is InChI=1S/C18H25N3O2/c1-4-5-6-7-10-21-17(16(12-22)19-20-21)13-23-18-11-14(2)8-9-15(18)3/h8-9,11-12H,4-7,10,13H2,1-3H3. The lowest BCUT2D eigenvalue weighted by atomic mass is 10.1. The van der Waals surface area contributed by atoms with Gasteiger partial charge >= 0.3 is 0 Å². The van der Waals surface area contributed by atoms with Crippen molar-refractivity contribution in [2.24, 2.45) is 0 Å². The van der Waals surface area contributed by atoms with E-state index < -0.39 is 0 Å². The second-order valence-corrected chi connectivity index (χ2v) is 5.88. The smallest absolute Gasteiger partial charge is 0.172 e. The lowest BCUT2D eigenvalue weighted by Gasteiger charge is -2.11. The summed E-state index contributed by atoms with van der Waals surface area (Å²) in [5, 5.41) is 8.04. The van der Waals surface area contributed by atoms with Gasteiger partial charge in [0.25, 0.3) is 0 Å². The molecular weight excluding hydrogens is 290 g/mol. The van der Waals surface area contributed by atoms with Crippen molar-refractivity contribution in [3.8, 4) is 5.75 Å². The number of aryl methyl sites for hydroxylation is 3. The van der Waals surface area contributed by atoms with E-state index in [1.807, 2.05) is 26.0 Å². The maximum Gasteiger partial charge on any atom is 0.172 e. The van der Waals surface area contributed by atoms with Crippen molar-refractivity contribution >= 4 is 6.29 Å². The zero-order chi connectivity index (χ0) is 16.7. The van der Waals surface area contributed by atoms with Crippen LogP contribution in [0.4, 0.5) is 0 Å². The molecule has 0 aliphatic rings. The summed E-state index contributed by atoms with van der Waals surface area (Å²) in [6.45, 7) is 7.30. The highest BCUT2D eigenvalue weighted by Gasteiger charge is 2.13. The Morgan fingerprint density at radius 1 is 1.22 bits per heavy atom. The predicted molar refractivity (Wildman–Crippen MR) is 89.8 cm³/mol. The number of hydrogen-bond acceptors (Lipinski definition) is 4. The molecule has 1 heterocycles. The van der Waals surface area contributed by atoms with Crippen LogP contribution < -0.4 is 4.74 Å². The van der Waals surface area contributed by atoms with Gasteiger partial charge in [-0.3, -0.25) is 4.79 Å². The maximum atomic E-state index is 11.2. The second kappa shape index (κ2) is 8.46. The van der Waals surface area contributed by atoms with Crippen LogP contribution in [0.1, 0.15) is 59.9 Å². The lowest BCUT2D eigenvalue weighted by molar-refractivity contribution is 0.111. The quantitative estimate of drug-likeness (QED) is 0.521. The van der Waals surface area contributed by atoms with Crippen molar-refractivity contribution in [3.05, 3.63) is 40.7 Å². The topological polar surface area (TPSA) is 57.0 Å². The number of hydrogen-bond donors (Lipinski definition) is 0. The molecule has 2 rings (SSSR count). The zero-order valence-corrected chi connectivity index (χ0v) is 14.2. The van der Waals surface area contributed by atoms with Crippen LogP contribution in [0.2, 0.25) is 0 Å². The van der Waals surface area contributed by atoms with E-state index in [1.165, 1.54) is 12.8 Å². The van der Waals surface area contributed by atoms with Gasteiger partial charge in [0.1, 0.15) is 18.1 Å². The van der Waals surface area contributed by atoms with Crippen LogP contribution in [-0.2, 0) is 13.2 Å². The minimum Gasteiger partial charge on any atom is -0.487 e. The van der Waals surface area contributed by atoms with Gasteiger partial charge in [-0.25, -0.2) is 4.68 Å². The Balaban J connectivity index is 2.06. The molecule has 0 aliphatic carbocycles. The monoisotopic (exact) mass is 315 g/mol. The molecule has 5 nitrogen and oxygen atoms in total. The van der Waals surface area contributed by atoms with Gasteiger partial charge in [-0.05, 0) is 37.5 Å². The van der Waals surface area contributed by atoms with E-state index in [1.54, 1.807) is 4.68 Å². The summed E-state index contributed by atoms with van der Waals surface area (Å²) in [7, 11) is 0. The van der Waals surface area contributed by atoms with Crippen LogP contribution in [-0.4, -0.2) is 21.3 Å². The van der Waals surface area contributed by atoms with Crippen LogP contribution in [0.3, 0.4) is 0 Å². The molecule has 0 saturated carbocycles. The van der Waals surface area contributed by atoms with Crippen molar-refractivity contribution in [1.29, 1.82) is 0 Å². The van der Waals surface area contributed by atoms with Gasteiger partial charge < -0.3 is 4.74 Å². The fourth-order valence-corrected chi connectivity index (χ4v) is 2.46. The van der Waals surface area contributed by atoms with Gasteiger partial charge in [0.15, 0.2) is 12.0 Å². The number of unbranched alkanes of at least 4 members (excludes halogenated alkanes) is 3. The molecule has 0 fully saturated rings. The second-order valence-electron chi connectivity index (χ2n) is 5.88. The van der Waals surface area contributed by atoms with Crippen molar-refractivity contribution in [1.82, 2.24) is 15.0 Å². The minimum absolute atomic E-state index is 0.305. The molecule has 0 unspecified atom stereocenters. The van der Waals surface area contributed by atoms with Gasteiger partial charge in [-0.15, -0.1) is 5.10 Å². The van der Waals surface area contributed by atoms with E-state index >= 15 is 0 Å². The third-order valence-electron chi connectivity index (χ3n) is 3.91. The minimum atomic E-state index is 0.305. The fourth-order valence-electron chi connectivity index (χ4n) is 2.46. The molecule has 2 aromatic rings. The van der Waals surface area contributed by atoms with Crippen LogP contribution in [0.25, 0.3) is 0 Å². The molecule has 0 saturated heterocycles. The predicted octanol–water partition coefficient (Wildman–Crippen LogP) is 3.87. The molecular formula is C18H25N3O2. The average molecular weight is 315 g/mol. The molecule has 0 bridgehead atoms. The highest BCUT2D eigenvalue weighted by molar-refractivity contribution is 5.73. The Bertz CT molecular complexity index is 650. The van der Waals surface area contributed by atoms with Crippen molar-refractivity contribution in [2.75, 3.05) is 0 Å². The van der Waals surface area contributed by atoms with E-state index in [4.69, 9.17) is 4.74 Å². The number of carbonyl (C=O) groups excluding carboxylic acids is 1. The van der Waals surface area contributed by atoms with Gasteiger partial charge in [0.05, 0.1) is 0 Å². The van der Waals surface area contributed by atoms with Crippen LogP contribution >= 0.6 is 0 Å². The Kier molecular flexibility index (Phi) is 6.32. The number of rotatable bonds is 9. The molecule has 1 aromatic carbocycles. The zero-order valence-electron chi connectivity index (χ0n) is 14.2. The van der Waals surface area contributed by atoms with E-state index in [9.17, 15) is 4.79 Å². The summed E-state index contributed by atoms with van der Waals surface area (Å²) in [6, 6.07) is 6.09. The normalized spacial score (nSPS) is 10.7.